The smallest absolute Gasteiger partial charge is 0.287 e. The van der Waals surface area contributed by atoms with Crippen LogP contribution in [-0.4, -0.2) is 45.2 Å². The average Bonchev–Trinajstić information content (AvgIpc) is 3.21. The molecule has 0 radical (unpaired) electrons. The number of methoxy groups -OCH3 is 1. The summed E-state index contributed by atoms with van der Waals surface area (Å²) in [5.41, 5.74) is 0.814. The molecule has 0 fully saturated rings. The van der Waals surface area contributed by atoms with E-state index in [1.54, 1.807) is 19.2 Å². The highest BCUT2D eigenvalue weighted by atomic mass is 127. The van der Waals surface area contributed by atoms with Gasteiger partial charge in [0.05, 0.1) is 26.5 Å². The molecule has 154 valence electrons. The van der Waals surface area contributed by atoms with E-state index in [4.69, 9.17) is 13.9 Å². The van der Waals surface area contributed by atoms with Gasteiger partial charge < -0.3 is 29.8 Å². The topological polar surface area (TPSA) is 97.1 Å². The van der Waals surface area contributed by atoms with Gasteiger partial charge in [0, 0.05) is 24.8 Å². The van der Waals surface area contributed by atoms with Crippen molar-refractivity contribution in [3.63, 3.8) is 0 Å². The van der Waals surface area contributed by atoms with Gasteiger partial charge in [-0.25, -0.2) is 0 Å². The molecule has 2 aromatic rings. The van der Waals surface area contributed by atoms with Gasteiger partial charge >= 0.3 is 0 Å². The van der Waals surface area contributed by atoms with Crippen LogP contribution in [0.25, 0.3) is 0 Å². The van der Waals surface area contributed by atoms with Gasteiger partial charge in [-0.05, 0) is 38.1 Å². The molecule has 0 saturated carbocycles. The van der Waals surface area contributed by atoms with Crippen LogP contribution in [-0.2, 0) is 0 Å². The molecule has 1 heterocycles. The summed E-state index contributed by atoms with van der Waals surface area (Å²) in [6.45, 7) is 5.98. The van der Waals surface area contributed by atoms with Crippen LogP contribution >= 0.6 is 24.0 Å². The number of benzene rings is 1. The number of nitrogens with one attached hydrogen (secondary N) is 3. The molecule has 8 nitrogen and oxygen atoms in total. The normalized spacial score (nSPS) is 10.6. The summed E-state index contributed by atoms with van der Waals surface area (Å²) in [5, 5.41) is 9.13. The van der Waals surface area contributed by atoms with Gasteiger partial charge in [0.1, 0.15) is 0 Å². The quantitative estimate of drug-likeness (QED) is 0.211. The third kappa shape index (κ3) is 7.29. The van der Waals surface area contributed by atoms with E-state index in [2.05, 4.69) is 20.9 Å². The standard InChI is InChI=1S/C19H26N4O4.HI/c1-4-20-19(22-11-10-21-18(24)16-7-6-12-27-16)23-14-8-9-15(26-5-2)17(13-14)25-3;/h6-9,12-13H,4-5,10-11H2,1-3H3,(H,21,24)(H2,20,22,23);1H. The molecule has 1 amide bonds. The van der Waals surface area contributed by atoms with Crippen LogP contribution in [0, 0.1) is 0 Å². The number of carbonyl (C=O) groups is 1. The molecule has 3 N–H and O–H groups in total. The highest BCUT2D eigenvalue weighted by Crippen LogP contribution is 2.30. The molecule has 0 saturated heterocycles. The van der Waals surface area contributed by atoms with Gasteiger partial charge in [0.15, 0.2) is 23.2 Å². The minimum Gasteiger partial charge on any atom is -0.493 e. The van der Waals surface area contributed by atoms with Crippen molar-refractivity contribution in [1.29, 1.82) is 0 Å². The Morgan fingerprint density at radius 2 is 2.00 bits per heavy atom. The van der Waals surface area contributed by atoms with Crippen molar-refractivity contribution >= 4 is 41.5 Å². The number of ether oxygens (including phenoxy) is 2. The van der Waals surface area contributed by atoms with E-state index in [0.29, 0.717) is 43.7 Å². The first-order valence-corrected chi connectivity index (χ1v) is 8.85. The number of amides is 1. The Balaban J connectivity index is 0.00000392. The first-order chi connectivity index (χ1) is 13.2. The van der Waals surface area contributed by atoms with Crippen molar-refractivity contribution in [2.45, 2.75) is 13.8 Å². The summed E-state index contributed by atoms with van der Waals surface area (Å²) < 4.78 is 15.9. The van der Waals surface area contributed by atoms with E-state index in [1.165, 1.54) is 6.26 Å². The molecule has 1 aromatic carbocycles. The molecule has 0 atom stereocenters. The maximum atomic E-state index is 11.8. The van der Waals surface area contributed by atoms with Crippen molar-refractivity contribution in [2.75, 3.05) is 38.7 Å². The average molecular weight is 502 g/mol. The Bertz CT molecular complexity index is 750. The van der Waals surface area contributed by atoms with Crippen molar-refractivity contribution in [2.24, 2.45) is 4.99 Å². The minimum atomic E-state index is -0.260. The summed E-state index contributed by atoms with van der Waals surface area (Å²) in [6, 6.07) is 8.86. The SMILES string of the molecule is CCNC(=NCCNC(=O)c1ccco1)Nc1ccc(OCC)c(OC)c1.I. The highest BCUT2D eigenvalue weighted by Gasteiger charge is 2.08. The van der Waals surface area contributed by atoms with E-state index in [9.17, 15) is 4.79 Å². The van der Waals surface area contributed by atoms with Crippen LogP contribution in [0.5, 0.6) is 11.5 Å². The molecule has 28 heavy (non-hydrogen) atoms. The van der Waals surface area contributed by atoms with Gasteiger partial charge in [-0.15, -0.1) is 24.0 Å². The Labute approximate surface area is 182 Å². The van der Waals surface area contributed by atoms with Crippen LogP contribution in [0.15, 0.2) is 46.0 Å². The van der Waals surface area contributed by atoms with E-state index in [-0.39, 0.29) is 35.6 Å². The summed E-state index contributed by atoms with van der Waals surface area (Å²) in [5.74, 6) is 1.96. The van der Waals surface area contributed by atoms with Gasteiger partial charge in [-0.2, -0.15) is 0 Å². The second kappa shape index (κ2) is 12.9. The van der Waals surface area contributed by atoms with Crippen molar-refractivity contribution in [1.82, 2.24) is 10.6 Å². The molecule has 2 rings (SSSR count). The van der Waals surface area contributed by atoms with E-state index >= 15 is 0 Å². The summed E-state index contributed by atoms with van der Waals surface area (Å²) in [4.78, 5) is 16.3. The molecule has 0 unspecified atom stereocenters. The summed E-state index contributed by atoms with van der Waals surface area (Å²) >= 11 is 0. The number of anilines is 1. The summed E-state index contributed by atoms with van der Waals surface area (Å²) in [7, 11) is 1.60. The van der Waals surface area contributed by atoms with Gasteiger partial charge in [-0.3, -0.25) is 9.79 Å². The van der Waals surface area contributed by atoms with Crippen LogP contribution in [0.2, 0.25) is 0 Å². The number of carbonyl (C=O) groups excluding carboxylic acids is 1. The number of guanidine groups is 1. The van der Waals surface area contributed by atoms with Crippen molar-refractivity contribution < 1.29 is 18.7 Å². The predicted molar refractivity (Wildman–Crippen MR) is 120 cm³/mol. The fourth-order valence-corrected chi connectivity index (χ4v) is 2.30. The first-order valence-electron chi connectivity index (χ1n) is 8.85. The molecular weight excluding hydrogens is 475 g/mol. The van der Waals surface area contributed by atoms with Crippen LogP contribution < -0.4 is 25.4 Å². The fraction of sp³-hybridized carbons (Fsp3) is 0.368. The van der Waals surface area contributed by atoms with Crippen LogP contribution in [0.3, 0.4) is 0 Å². The Hall–Kier alpha value is -2.43. The maximum Gasteiger partial charge on any atom is 0.287 e. The number of hydrogen-bond acceptors (Lipinski definition) is 5. The van der Waals surface area contributed by atoms with Crippen molar-refractivity contribution in [3.05, 3.63) is 42.4 Å². The van der Waals surface area contributed by atoms with Crippen LogP contribution in [0.4, 0.5) is 5.69 Å². The van der Waals surface area contributed by atoms with Gasteiger partial charge in [-0.1, -0.05) is 0 Å². The Kier molecular flexibility index (Phi) is 10.8. The van der Waals surface area contributed by atoms with E-state index < -0.39 is 0 Å². The van der Waals surface area contributed by atoms with Crippen molar-refractivity contribution in [3.8, 4) is 11.5 Å². The van der Waals surface area contributed by atoms with Gasteiger partial charge in [0.25, 0.3) is 5.91 Å². The fourth-order valence-electron chi connectivity index (χ4n) is 2.30. The molecule has 9 heteroatoms. The molecule has 1 aromatic heterocycles. The zero-order valence-corrected chi connectivity index (χ0v) is 18.6. The second-order valence-electron chi connectivity index (χ2n) is 5.42. The lowest BCUT2D eigenvalue weighted by molar-refractivity contribution is 0.0927. The minimum absolute atomic E-state index is 0. The largest absolute Gasteiger partial charge is 0.493 e. The monoisotopic (exact) mass is 502 g/mol. The molecule has 0 aliphatic rings. The highest BCUT2D eigenvalue weighted by molar-refractivity contribution is 14.0. The predicted octanol–water partition coefficient (Wildman–Crippen LogP) is 3.11. The number of hydrogen-bond donors (Lipinski definition) is 3. The lowest BCUT2D eigenvalue weighted by Crippen LogP contribution is -2.32. The number of rotatable bonds is 9. The Morgan fingerprint density at radius 3 is 2.64 bits per heavy atom. The molecular formula is C19H27IN4O4. The maximum absolute atomic E-state index is 11.8. The first kappa shape index (κ1) is 23.6. The molecule has 0 aliphatic carbocycles. The lowest BCUT2D eigenvalue weighted by Gasteiger charge is -2.14. The lowest BCUT2D eigenvalue weighted by atomic mass is 10.2. The van der Waals surface area contributed by atoms with E-state index in [0.717, 1.165) is 5.69 Å². The molecule has 0 aliphatic heterocycles. The second-order valence-corrected chi connectivity index (χ2v) is 5.42. The number of furan rings is 1. The van der Waals surface area contributed by atoms with E-state index in [1.807, 2.05) is 32.0 Å². The number of nitrogens with zero attached hydrogens (tertiary/aromatic N) is 1. The zero-order chi connectivity index (χ0) is 19.5. The third-order valence-corrected chi connectivity index (χ3v) is 3.48. The Morgan fingerprint density at radius 1 is 1.18 bits per heavy atom. The zero-order valence-electron chi connectivity index (χ0n) is 16.3. The summed E-state index contributed by atoms with van der Waals surface area (Å²) in [6.07, 6.45) is 1.46. The van der Waals surface area contributed by atoms with Crippen LogP contribution in [0.1, 0.15) is 24.4 Å². The number of halogens is 1. The van der Waals surface area contributed by atoms with Gasteiger partial charge in [0.2, 0.25) is 0 Å². The molecule has 0 spiro atoms. The molecule has 0 bridgehead atoms. The number of aliphatic imine (C=N–C) groups is 1. The third-order valence-electron chi connectivity index (χ3n) is 3.48.